The van der Waals surface area contributed by atoms with Gasteiger partial charge >= 0.3 is 0 Å². The summed E-state index contributed by atoms with van der Waals surface area (Å²) in [7, 11) is 0.274. The van der Waals surface area contributed by atoms with Crippen LogP contribution >= 0.6 is 0 Å². The van der Waals surface area contributed by atoms with Crippen LogP contribution in [0.1, 0.15) is 12.5 Å². The number of halogens is 7. The maximum Gasteiger partial charge on any atom is 0.207 e. The summed E-state index contributed by atoms with van der Waals surface area (Å²) in [4.78, 5) is 0. The molecule has 117 valence electrons. The first kappa shape index (κ1) is 16.6. The molecule has 0 N–H and O–H groups in total. The second-order valence-corrected chi connectivity index (χ2v) is 5.13. The molecule has 2 rings (SSSR count). The SMILES string of the molecule is Cc1cc(F)c([B]C2=C(F)C(F)C(C)(F)C=C2F)c(F)c1F. The molecule has 0 saturated heterocycles. The fourth-order valence-corrected chi connectivity index (χ4v) is 2.04. The van der Waals surface area contributed by atoms with Gasteiger partial charge in [0, 0.05) is 0 Å². The zero-order chi connectivity index (χ0) is 16.8. The Morgan fingerprint density at radius 3 is 2.27 bits per heavy atom. The normalized spacial score (nSPS) is 25.3. The van der Waals surface area contributed by atoms with Gasteiger partial charge in [0.15, 0.2) is 23.5 Å². The van der Waals surface area contributed by atoms with Gasteiger partial charge in [-0.15, -0.1) is 0 Å². The van der Waals surface area contributed by atoms with E-state index >= 15 is 0 Å². The zero-order valence-electron chi connectivity index (χ0n) is 11.5. The molecule has 1 aromatic rings. The van der Waals surface area contributed by atoms with Crippen molar-refractivity contribution in [2.45, 2.75) is 25.7 Å². The molecule has 1 aliphatic carbocycles. The van der Waals surface area contributed by atoms with E-state index in [4.69, 9.17) is 0 Å². The molecular weight excluding hydrogens is 312 g/mol. The lowest BCUT2D eigenvalue weighted by atomic mass is 9.60. The highest BCUT2D eigenvalue weighted by Gasteiger charge is 2.43. The van der Waals surface area contributed by atoms with Crippen LogP contribution in [-0.2, 0) is 0 Å². The van der Waals surface area contributed by atoms with Crippen molar-refractivity contribution in [2.75, 3.05) is 0 Å². The lowest BCUT2D eigenvalue weighted by molar-refractivity contribution is 0.114. The molecule has 0 heterocycles. The molecule has 0 amide bonds. The van der Waals surface area contributed by atoms with Crippen LogP contribution in [0, 0.1) is 24.4 Å². The highest BCUT2D eigenvalue weighted by Crippen LogP contribution is 2.37. The van der Waals surface area contributed by atoms with Crippen LogP contribution in [0.3, 0.4) is 0 Å². The first-order chi connectivity index (χ1) is 10.1. The molecule has 2 unspecified atom stereocenters. The summed E-state index contributed by atoms with van der Waals surface area (Å²) in [5, 5.41) is 0. The highest BCUT2D eigenvalue weighted by atomic mass is 19.2. The monoisotopic (exact) mass is 321 g/mol. The summed E-state index contributed by atoms with van der Waals surface area (Å²) in [6.45, 7) is 1.71. The Morgan fingerprint density at radius 1 is 1.09 bits per heavy atom. The van der Waals surface area contributed by atoms with Crippen molar-refractivity contribution in [1.82, 2.24) is 0 Å². The lowest BCUT2D eigenvalue weighted by Gasteiger charge is -2.26. The van der Waals surface area contributed by atoms with Crippen LogP contribution in [-0.4, -0.2) is 19.1 Å². The predicted molar refractivity (Wildman–Crippen MR) is 68.2 cm³/mol. The number of rotatable bonds is 2. The molecular formula is C14H9BF7. The van der Waals surface area contributed by atoms with Gasteiger partial charge in [-0.25, -0.2) is 30.7 Å². The van der Waals surface area contributed by atoms with Crippen LogP contribution in [0.15, 0.2) is 29.3 Å². The summed E-state index contributed by atoms with van der Waals surface area (Å²) in [5.41, 5.74) is -5.52. The Bertz CT molecular complexity index is 691. The van der Waals surface area contributed by atoms with Crippen LogP contribution in [0.2, 0.25) is 0 Å². The molecule has 1 aromatic carbocycles. The molecule has 0 fully saturated rings. The number of allylic oxidation sites excluding steroid dienone is 4. The van der Waals surface area contributed by atoms with Gasteiger partial charge in [0.2, 0.25) is 7.28 Å². The fraction of sp³-hybridized carbons (Fsp3) is 0.286. The highest BCUT2D eigenvalue weighted by molar-refractivity contribution is 6.62. The number of hydrogen-bond donors (Lipinski definition) is 0. The Balaban J connectivity index is 2.50. The van der Waals surface area contributed by atoms with Gasteiger partial charge in [-0.2, -0.15) is 0 Å². The zero-order valence-corrected chi connectivity index (χ0v) is 11.5. The van der Waals surface area contributed by atoms with Crippen LogP contribution < -0.4 is 5.46 Å². The second-order valence-electron chi connectivity index (χ2n) is 5.13. The van der Waals surface area contributed by atoms with Crippen molar-refractivity contribution < 1.29 is 30.7 Å². The van der Waals surface area contributed by atoms with E-state index in [1.807, 2.05) is 0 Å². The third-order valence-corrected chi connectivity index (χ3v) is 3.31. The largest absolute Gasteiger partial charge is 0.236 e. The van der Waals surface area contributed by atoms with Crippen LogP contribution in [0.25, 0.3) is 0 Å². The average molecular weight is 321 g/mol. The van der Waals surface area contributed by atoms with Crippen LogP contribution in [0.5, 0.6) is 0 Å². The molecule has 0 aromatic heterocycles. The first-order valence-corrected chi connectivity index (χ1v) is 6.16. The van der Waals surface area contributed by atoms with E-state index in [2.05, 4.69) is 0 Å². The second kappa shape index (κ2) is 5.48. The van der Waals surface area contributed by atoms with Gasteiger partial charge in [0.25, 0.3) is 0 Å². The minimum Gasteiger partial charge on any atom is -0.236 e. The molecule has 1 aliphatic rings. The van der Waals surface area contributed by atoms with Gasteiger partial charge in [0.05, 0.1) is 0 Å². The summed E-state index contributed by atoms with van der Waals surface area (Å²) in [6.07, 6.45) is -2.67. The van der Waals surface area contributed by atoms with E-state index in [0.717, 1.165) is 6.92 Å². The molecule has 0 aliphatic heterocycles. The van der Waals surface area contributed by atoms with Crippen molar-refractivity contribution in [3.63, 3.8) is 0 Å². The molecule has 0 nitrogen and oxygen atoms in total. The quantitative estimate of drug-likeness (QED) is 0.441. The average Bonchev–Trinajstić information content (AvgIpc) is 2.41. The summed E-state index contributed by atoms with van der Waals surface area (Å²) < 4.78 is 95.2. The van der Waals surface area contributed by atoms with E-state index in [-0.39, 0.29) is 18.9 Å². The summed E-state index contributed by atoms with van der Waals surface area (Å²) in [6, 6.07) is 0.624. The smallest absolute Gasteiger partial charge is 0.207 e. The Hall–Kier alpha value is -1.73. The Morgan fingerprint density at radius 2 is 1.68 bits per heavy atom. The van der Waals surface area contributed by atoms with Gasteiger partial charge in [-0.05, 0) is 42.5 Å². The third-order valence-electron chi connectivity index (χ3n) is 3.31. The van der Waals surface area contributed by atoms with E-state index in [0.29, 0.717) is 13.0 Å². The van der Waals surface area contributed by atoms with Gasteiger partial charge in [-0.3, -0.25) is 0 Å². The van der Waals surface area contributed by atoms with E-state index in [9.17, 15) is 30.7 Å². The number of aryl methyl sites for hydroxylation is 1. The van der Waals surface area contributed by atoms with E-state index in [1.54, 1.807) is 0 Å². The molecule has 22 heavy (non-hydrogen) atoms. The molecule has 1 radical (unpaired) electrons. The fourth-order valence-electron chi connectivity index (χ4n) is 2.04. The van der Waals surface area contributed by atoms with Gasteiger partial charge in [0.1, 0.15) is 17.5 Å². The predicted octanol–water partition coefficient (Wildman–Crippen LogP) is 3.86. The lowest BCUT2D eigenvalue weighted by Crippen LogP contribution is -2.37. The first-order valence-electron chi connectivity index (χ1n) is 6.16. The minimum atomic E-state index is -2.93. The van der Waals surface area contributed by atoms with Crippen molar-refractivity contribution in [2.24, 2.45) is 0 Å². The molecule has 2 atom stereocenters. The van der Waals surface area contributed by atoms with Crippen LogP contribution in [0.4, 0.5) is 30.7 Å². The van der Waals surface area contributed by atoms with Crippen molar-refractivity contribution in [1.29, 1.82) is 0 Å². The van der Waals surface area contributed by atoms with E-state index in [1.165, 1.54) is 0 Å². The maximum atomic E-state index is 13.7. The molecule has 0 bridgehead atoms. The van der Waals surface area contributed by atoms with Crippen molar-refractivity contribution >= 4 is 12.7 Å². The van der Waals surface area contributed by atoms with Gasteiger partial charge < -0.3 is 0 Å². The summed E-state index contributed by atoms with van der Waals surface area (Å²) in [5.74, 6) is -7.75. The maximum absolute atomic E-state index is 13.7. The molecule has 0 spiro atoms. The standard InChI is InChI=1S/C14H9BF7/c1-5-3-6(16)8(11(19)10(5)18)15-9-7(17)4-14(2,22)13(21)12(9)20/h3-4,13H,1-2H3. The Kier molecular flexibility index (Phi) is 4.15. The topological polar surface area (TPSA) is 0 Å². The molecule has 0 saturated carbocycles. The number of benzene rings is 1. The Labute approximate surface area is 122 Å². The summed E-state index contributed by atoms with van der Waals surface area (Å²) >= 11 is 0. The minimum absolute atomic E-state index is 0.160. The molecule has 8 heteroatoms. The third kappa shape index (κ3) is 2.66. The number of hydrogen-bond acceptors (Lipinski definition) is 0. The van der Waals surface area contributed by atoms with Gasteiger partial charge in [-0.1, -0.05) is 0 Å². The number of alkyl halides is 2. The van der Waals surface area contributed by atoms with Crippen molar-refractivity contribution in [3.05, 3.63) is 52.3 Å². The van der Waals surface area contributed by atoms with E-state index < -0.39 is 51.9 Å². The van der Waals surface area contributed by atoms with Crippen molar-refractivity contribution in [3.8, 4) is 0 Å².